The van der Waals surface area contributed by atoms with Crippen molar-refractivity contribution in [2.75, 3.05) is 14.2 Å². The number of hydrogen-bond acceptors (Lipinski definition) is 4. The van der Waals surface area contributed by atoms with E-state index in [0.717, 1.165) is 11.1 Å². The Bertz CT molecular complexity index is 638. The number of benzene rings is 2. The van der Waals surface area contributed by atoms with E-state index in [-0.39, 0.29) is 5.78 Å². The molecule has 0 atom stereocenters. The van der Waals surface area contributed by atoms with Crippen LogP contribution in [0.3, 0.4) is 0 Å². The van der Waals surface area contributed by atoms with Crippen molar-refractivity contribution in [1.82, 2.24) is 0 Å². The lowest BCUT2D eigenvalue weighted by atomic mass is 9.98. The minimum absolute atomic E-state index is 0.0249. The zero-order valence-corrected chi connectivity index (χ0v) is 12.3. The first kappa shape index (κ1) is 15.1. The molecule has 0 aliphatic rings. The number of ketones is 1. The first-order chi connectivity index (χ1) is 10.2. The number of rotatable bonds is 6. The van der Waals surface area contributed by atoms with Crippen LogP contribution in [0, 0.1) is 0 Å². The topological polar surface area (TPSA) is 61.5 Å². The van der Waals surface area contributed by atoms with Gasteiger partial charge in [0.2, 0.25) is 0 Å². The summed E-state index contributed by atoms with van der Waals surface area (Å²) in [7, 11) is 3.12. The molecule has 0 saturated carbocycles. The average molecular weight is 285 g/mol. The monoisotopic (exact) mass is 285 g/mol. The molecule has 4 nitrogen and oxygen atoms in total. The van der Waals surface area contributed by atoms with Crippen LogP contribution in [-0.2, 0) is 13.0 Å². The fraction of sp³-hybridized carbons (Fsp3) is 0.235. The van der Waals surface area contributed by atoms with Gasteiger partial charge in [-0.3, -0.25) is 4.79 Å². The van der Waals surface area contributed by atoms with Crippen molar-refractivity contribution in [3.63, 3.8) is 0 Å². The predicted octanol–water partition coefficient (Wildman–Crippen LogP) is 2.59. The van der Waals surface area contributed by atoms with E-state index < -0.39 is 0 Å². The highest BCUT2D eigenvalue weighted by Crippen LogP contribution is 2.28. The molecule has 0 fully saturated rings. The summed E-state index contributed by atoms with van der Waals surface area (Å²) in [5, 5.41) is 0. The van der Waals surface area contributed by atoms with Crippen molar-refractivity contribution < 1.29 is 14.3 Å². The molecule has 2 N–H and O–H groups in total. The molecule has 2 rings (SSSR count). The minimum atomic E-state index is 0.0249. The largest absolute Gasteiger partial charge is 0.493 e. The summed E-state index contributed by atoms with van der Waals surface area (Å²) in [4.78, 5) is 12.4. The summed E-state index contributed by atoms with van der Waals surface area (Å²) in [6.45, 7) is 0.426. The zero-order chi connectivity index (χ0) is 15.2. The molecule has 0 aliphatic heterocycles. The Morgan fingerprint density at radius 2 is 1.67 bits per heavy atom. The van der Waals surface area contributed by atoms with E-state index in [1.54, 1.807) is 32.4 Å². The van der Waals surface area contributed by atoms with Gasteiger partial charge in [0.1, 0.15) is 0 Å². The fourth-order valence-corrected chi connectivity index (χ4v) is 2.21. The van der Waals surface area contributed by atoms with Crippen LogP contribution in [0.4, 0.5) is 0 Å². The normalized spacial score (nSPS) is 10.2. The Kier molecular flexibility index (Phi) is 4.95. The number of ether oxygens (including phenoxy) is 2. The summed E-state index contributed by atoms with van der Waals surface area (Å²) in [5.41, 5.74) is 8.25. The molecule has 0 aliphatic carbocycles. The highest BCUT2D eigenvalue weighted by atomic mass is 16.5. The van der Waals surface area contributed by atoms with Crippen LogP contribution < -0.4 is 15.2 Å². The third kappa shape index (κ3) is 3.41. The van der Waals surface area contributed by atoms with Gasteiger partial charge in [-0.25, -0.2) is 0 Å². The van der Waals surface area contributed by atoms with Gasteiger partial charge in [0, 0.05) is 18.5 Å². The average Bonchev–Trinajstić information content (AvgIpc) is 2.54. The second kappa shape index (κ2) is 6.90. The van der Waals surface area contributed by atoms with Gasteiger partial charge in [-0.05, 0) is 29.3 Å². The quantitative estimate of drug-likeness (QED) is 0.829. The lowest BCUT2D eigenvalue weighted by Gasteiger charge is -2.10. The Morgan fingerprint density at radius 1 is 1.00 bits per heavy atom. The number of Topliss-reactive ketones (excluding diaryl/α,β-unsaturated/α-hetero) is 1. The van der Waals surface area contributed by atoms with E-state index >= 15 is 0 Å². The van der Waals surface area contributed by atoms with Gasteiger partial charge in [-0.1, -0.05) is 24.3 Å². The van der Waals surface area contributed by atoms with Crippen molar-refractivity contribution in [2.45, 2.75) is 13.0 Å². The Labute approximate surface area is 124 Å². The highest BCUT2D eigenvalue weighted by Gasteiger charge is 2.12. The third-order valence-electron chi connectivity index (χ3n) is 3.39. The van der Waals surface area contributed by atoms with Crippen LogP contribution in [0.25, 0.3) is 0 Å². The van der Waals surface area contributed by atoms with E-state index in [1.807, 2.05) is 24.3 Å². The number of methoxy groups -OCH3 is 2. The molecule has 0 amide bonds. The second-order valence-corrected chi connectivity index (χ2v) is 4.64. The molecule has 0 spiro atoms. The SMILES string of the molecule is COc1ccc(C(=O)Cc2ccccc2CN)cc1OC. The molecule has 2 aromatic rings. The summed E-state index contributed by atoms with van der Waals surface area (Å²) in [5.74, 6) is 1.18. The van der Waals surface area contributed by atoms with Gasteiger partial charge in [0.05, 0.1) is 14.2 Å². The van der Waals surface area contributed by atoms with Crippen molar-refractivity contribution in [3.05, 3.63) is 59.2 Å². The van der Waals surface area contributed by atoms with Gasteiger partial charge < -0.3 is 15.2 Å². The molecular weight excluding hydrogens is 266 g/mol. The van der Waals surface area contributed by atoms with Crippen LogP contribution >= 0.6 is 0 Å². The van der Waals surface area contributed by atoms with Gasteiger partial charge in [0.25, 0.3) is 0 Å². The van der Waals surface area contributed by atoms with Crippen molar-refractivity contribution in [2.24, 2.45) is 5.73 Å². The standard InChI is InChI=1S/C17H19NO3/c1-20-16-8-7-13(10-17(16)21-2)15(19)9-12-5-3-4-6-14(12)11-18/h3-8,10H,9,11,18H2,1-2H3. The summed E-state index contributed by atoms with van der Waals surface area (Å²) in [6, 6.07) is 12.9. The van der Waals surface area contributed by atoms with E-state index in [1.165, 1.54) is 0 Å². The van der Waals surface area contributed by atoms with E-state index in [0.29, 0.717) is 30.0 Å². The molecule has 21 heavy (non-hydrogen) atoms. The third-order valence-corrected chi connectivity index (χ3v) is 3.39. The number of carbonyl (C=O) groups is 1. The van der Waals surface area contributed by atoms with Crippen molar-refractivity contribution >= 4 is 5.78 Å². The van der Waals surface area contributed by atoms with Gasteiger partial charge >= 0.3 is 0 Å². The molecule has 0 radical (unpaired) electrons. The maximum Gasteiger partial charge on any atom is 0.167 e. The number of hydrogen-bond donors (Lipinski definition) is 1. The summed E-state index contributed by atoms with van der Waals surface area (Å²) >= 11 is 0. The molecule has 0 unspecified atom stereocenters. The molecular formula is C17H19NO3. The Balaban J connectivity index is 2.24. The van der Waals surface area contributed by atoms with Crippen molar-refractivity contribution in [1.29, 1.82) is 0 Å². The van der Waals surface area contributed by atoms with E-state index in [4.69, 9.17) is 15.2 Å². The van der Waals surface area contributed by atoms with Crippen LogP contribution in [0.1, 0.15) is 21.5 Å². The van der Waals surface area contributed by atoms with E-state index in [2.05, 4.69) is 0 Å². The van der Waals surface area contributed by atoms with Crippen LogP contribution in [0.5, 0.6) is 11.5 Å². The molecule has 0 bridgehead atoms. The van der Waals surface area contributed by atoms with Crippen molar-refractivity contribution in [3.8, 4) is 11.5 Å². The van der Waals surface area contributed by atoms with Gasteiger partial charge in [0.15, 0.2) is 17.3 Å². The van der Waals surface area contributed by atoms with Crippen LogP contribution in [0.15, 0.2) is 42.5 Å². The fourth-order valence-electron chi connectivity index (χ4n) is 2.21. The molecule has 110 valence electrons. The van der Waals surface area contributed by atoms with Gasteiger partial charge in [-0.2, -0.15) is 0 Å². The number of nitrogens with two attached hydrogens (primary N) is 1. The Morgan fingerprint density at radius 3 is 2.29 bits per heavy atom. The maximum absolute atomic E-state index is 12.4. The first-order valence-corrected chi connectivity index (χ1v) is 6.71. The first-order valence-electron chi connectivity index (χ1n) is 6.71. The zero-order valence-electron chi connectivity index (χ0n) is 12.3. The van der Waals surface area contributed by atoms with Gasteiger partial charge in [-0.15, -0.1) is 0 Å². The van der Waals surface area contributed by atoms with Crippen LogP contribution in [0.2, 0.25) is 0 Å². The van der Waals surface area contributed by atoms with E-state index in [9.17, 15) is 4.79 Å². The molecule has 0 aromatic heterocycles. The second-order valence-electron chi connectivity index (χ2n) is 4.64. The molecule has 2 aromatic carbocycles. The number of carbonyl (C=O) groups excluding carboxylic acids is 1. The molecule has 0 saturated heterocycles. The maximum atomic E-state index is 12.4. The predicted molar refractivity (Wildman–Crippen MR) is 81.9 cm³/mol. The summed E-state index contributed by atoms with van der Waals surface area (Å²) < 4.78 is 10.4. The smallest absolute Gasteiger partial charge is 0.167 e. The van der Waals surface area contributed by atoms with Crippen LogP contribution in [-0.4, -0.2) is 20.0 Å². The Hall–Kier alpha value is -2.33. The minimum Gasteiger partial charge on any atom is -0.493 e. The lowest BCUT2D eigenvalue weighted by molar-refractivity contribution is 0.0992. The summed E-state index contributed by atoms with van der Waals surface area (Å²) in [6.07, 6.45) is 0.322. The lowest BCUT2D eigenvalue weighted by Crippen LogP contribution is -2.08. The molecule has 4 heteroatoms. The molecule has 0 heterocycles. The highest BCUT2D eigenvalue weighted by molar-refractivity contribution is 5.98.